The second kappa shape index (κ2) is 4.56. The van der Waals surface area contributed by atoms with E-state index in [4.69, 9.17) is 9.31 Å². The van der Waals surface area contributed by atoms with Crippen molar-refractivity contribution in [3.8, 4) is 0 Å². The van der Waals surface area contributed by atoms with Crippen molar-refractivity contribution in [2.45, 2.75) is 45.8 Å². The van der Waals surface area contributed by atoms with Gasteiger partial charge in [-0.3, -0.25) is 4.99 Å². The summed E-state index contributed by atoms with van der Waals surface area (Å²) in [6.07, 6.45) is 5.15. The van der Waals surface area contributed by atoms with Crippen molar-refractivity contribution in [1.82, 2.24) is 0 Å². The molecule has 0 saturated carbocycles. The molecule has 0 amide bonds. The summed E-state index contributed by atoms with van der Waals surface area (Å²) in [7, 11) is -0.383. The van der Waals surface area contributed by atoms with E-state index in [-0.39, 0.29) is 18.3 Å². The predicted molar refractivity (Wildman–Crippen MR) is 68.5 cm³/mol. The van der Waals surface area contributed by atoms with Crippen molar-refractivity contribution >= 4 is 13.3 Å². The molecule has 0 aromatic carbocycles. The van der Waals surface area contributed by atoms with Gasteiger partial charge in [0.25, 0.3) is 0 Å². The maximum atomic E-state index is 5.88. The average Bonchev–Trinajstić information content (AvgIpc) is 2.37. The quantitative estimate of drug-likeness (QED) is 0.416. The molecule has 0 aromatic rings. The van der Waals surface area contributed by atoms with Crippen LogP contribution in [0.2, 0.25) is 0 Å². The molecular formula is C12H20BNO2. The van der Waals surface area contributed by atoms with Crippen LogP contribution < -0.4 is 0 Å². The van der Waals surface area contributed by atoms with Crippen molar-refractivity contribution in [3.63, 3.8) is 0 Å². The lowest BCUT2D eigenvalue weighted by Gasteiger charge is -2.32. The van der Waals surface area contributed by atoms with E-state index in [2.05, 4.69) is 11.6 Å². The number of hydrogen-bond donors (Lipinski definition) is 0. The molecule has 0 unspecified atom stereocenters. The first-order valence-corrected chi connectivity index (χ1v) is 5.50. The van der Waals surface area contributed by atoms with Crippen LogP contribution in [0.4, 0.5) is 0 Å². The van der Waals surface area contributed by atoms with Gasteiger partial charge in [-0.25, -0.2) is 0 Å². The molecule has 1 aliphatic rings. The third-order valence-corrected chi connectivity index (χ3v) is 3.13. The fourth-order valence-corrected chi connectivity index (χ4v) is 1.35. The van der Waals surface area contributed by atoms with Gasteiger partial charge in [0.1, 0.15) is 0 Å². The molecule has 1 heterocycles. The molecule has 3 nitrogen and oxygen atoms in total. The van der Waals surface area contributed by atoms with E-state index in [0.29, 0.717) is 0 Å². The van der Waals surface area contributed by atoms with E-state index in [1.54, 1.807) is 18.5 Å². The Morgan fingerprint density at radius 3 is 2.06 bits per heavy atom. The zero-order chi connectivity index (χ0) is 12.4. The Morgan fingerprint density at radius 2 is 1.69 bits per heavy atom. The Balaban J connectivity index is 2.90. The van der Waals surface area contributed by atoms with Crippen LogP contribution in [0, 0.1) is 0 Å². The highest BCUT2D eigenvalue weighted by molar-refractivity contribution is 6.55. The molecule has 1 saturated heterocycles. The summed E-state index contributed by atoms with van der Waals surface area (Å²) in [5, 5.41) is 0. The lowest BCUT2D eigenvalue weighted by molar-refractivity contribution is 0.00578. The molecule has 0 radical (unpaired) electrons. The normalized spacial score (nSPS) is 24.1. The highest BCUT2D eigenvalue weighted by Crippen LogP contribution is 2.38. The first-order chi connectivity index (χ1) is 7.34. The van der Waals surface area contributed by atoms with E-state index in [0.717, 1.165) is 5.47 Å². The molecule has 88 valence electrons. The lowest BCUT2D eigenvalue weighted by atomic mass is 9.79. The summed E-state index contributed by atoms with van der Waals surface area (Å²) >= 11 is 0. The predicted octanol–water partition coefficient (Wildman–Crippen LogP) is 2.78. The summed E-state index contributed by atoms with van der Waals surface area (Å²) in [6, 6.07) is 0. The van der Waals surface area contributed by atoms with Crippen molar-refractivity contribution in [2.24, 2.45) is 4.99 Å². The molecule has 0 spiro atoms. The Hall–Kier alpha value is -0.865. The van der Waals surface area contributed by atoms with E-state index in [9.17, 15) is 0 Å². The molecule has 0 N–H and O–H groups in total. The number of nitrogens with zero attached hydrogens (tertiary/aromatic N) is 1. The summed E-state index contributed by atoms with van der Waals surface area (Å²) < 4.78 is 11.8. The Morgan fingerprint density at radius 1 is 1.19 bits per heavy atom. The topological polar surface area (TPSA) is 30.8 Å². The van der Waals surface area contributed by atoms with Crippen LogP contribution in [0.15, 0.2) is 29.3 Å². The summed E-state index contributed by atoms with van der Waals surface area (Å²) in [6.45, 7) is 13.7. The van der Waals surface area contributed by atoms with Crippen molar-refractivity contribution in [3.05, 3.63) is 24.3 Å². The van der Waals surface area contributed by atoms with Gasteiger partial charge >= 0.3 is 7.12 Å². The molecule has 1 rings (SSSR count). The van der Waals surface area contributed by atoms with Crippen molar-refractivity contribution < 1.29 is 9.31 Å². The second-order valence-electron chi connectivity index (χ2n) is 4.83. The highest BCUT2D eigenvalue weighted by atomic mass is 16.7. The Labute approximate surface area is 98.4 Å². The average molecular weight is 221 g/mol. The fourth-order valence-electron chi connectivity index (χ4n) is 1.35. The van der Waals surface area contributed by atoms with Gasteiger partial charge in [0.2, 0.25) is 0 Å². The standard InChI is InChI=1S/C12H20BNO2/c1-7-10(9-14-8-2)13-15-11(3,4)12(5,6)16-13/h7-9H,1H2,2-6H3/b10-9+,14-8?. The van der Waals surface area contributed by atoms with Gasteiger partial charge < -0.3 is 9.31 Å². The second-order valence-corrected chi connectivity index (χ2v) is 4.83. The zero-order valence-corrected chi connectivity index (χ0v) is 10.8. The minimum atomic E-state index is -0.383. The number of aliphatic imine (C=N–C) groups is 1. The van der Waals surface area contributed by atoms with Gasteiger partial charge in [0.15, 0.2) is 0 Å². The Bertz CT molecular complexity index is 316. The van der Waals surface area contributed by atoms with Gasteiger partial charge in [-0.1, -0.05) is 12.7 Å². The number of hydrogen-bond acceptors (Lipinski definition) is 3. The van der Waals surface area contributed by atoms with Crippen LogP contribution in [0.1, 0.15) is 34.6 Å². The lowest BCUT2D eigenvalue weighted by Crippen LogP contribution is -2.41. The molecule has 0 aliphatic carbocycles. The first-order valence-electron chi connectivity index (χ1n) is 5.50. The van der Waals surface area contributed by atoms with E-state index in [1.807, 2.05) is 34.6 Å². The smallest absolute Gasteiger partial charge is 0.399 e. The molecule has 0 atom stereocenters. The van der Waals surface area contributed by atoms with Crippen LogP contribution in [0.5, 0.6) is 0 Å². The van der Waals surface area contributed by atoms with Crippen LogP contribution in [-0.2, 0) is 9.31 Å². The minimum Gasteiger partial charge on any atom is -0.399 e. The van der Waals surface area contributed by atoms with Gasteiger partial charge in [0, 0.05) is 17.9 Å². The van der Waals surface area contributed by atoms with Crippen LogP contribution in [0.3, 0.4) is 0 Å². The summed E-state index contributed by atoms with van der Waals surface area (Å²) in [4.78, 5) is 4.06. The molecule has 4 heteroatoms. The van der Waals surface area contributed by atoms with Gasteiger partial charge in [-0.15, -0.1) is 0 Å². The Kier molecular flexibility index (Phi) is 3.76. The van der Waals surface area contributed by atoms with Crippen LogP contribution >= 0.6 is 0 Å². The maximum absolute atomic E-state index is 5.88. The van der Waals surface area contributed by atoms with Crippen LogP contribution in [0.25, 0.3) is 0 Å². The molecule has 16 heavy (non-hydrogen) atoms. The van der Waals surface area contributed by atoms with E-state index in [1.165, 1.54) is 0 Å². The largest absolute Gasteiger partial charge is 0.496 e. The number of allylic oxidation sites excluding steroid dienone is 2. The summed E-state index contributed by atoms with van der Waals surface area (Å²) in [5.74, 6) is 0. The highest BCUT2D eigenvalue weighted by Gasteiger charge is 2.51. The van der Waals surface area contributed by atoms with Crippen LogP contribution in [-0.4, -0.2) is 24.5 Å². The van der Waals surface area contributed by atoms with E-state index < -0.39 is 0 Å². The monoisotopic (exact) mass is 221 g/mol. The number of rotatable bonds is 3. The molecular weight excluding hydrogens is 201 g/mol. The van der Waals surface area contributed by atoms with Gasteiger partial charge in [-0.05, 0) is 34.6 Å². The molecule has 1 fully saturated rings. The third kappa shape index (κ3) is 2.44. The third-order valence-electron chi connectivity index (χ3n) is 3.13. The maximum Gasteiger partial charge on any atom is 0.496 e. The van der Waals surface area contributed by atoms with Crippen molar-refractivity contribution in [1.29, 1.82) is 0 Å². The minimum absolute atomic E-state index is 0.324. The first kappa shape index (κ1) is 13.2. The van der Waals surface area contributed by atoms with Gasteiger partial charge in [0.05, 0.1) is 11.2 Å². The fraction of sp³-hybridized carbons (Fsp3) is 0.583. The van der Waals surface area contributed by atoms with E-state index >= 15 is 0 Å². The zero-order valence-electron chi connectivity index (χ0n) is 10.8. The van der Waals surface area contributed by atoms with Gasteiger partial charge in [-0.2, -0.15) is 0 Å². The molecule has 0 aromatic heterocycles. The summed E-state index contributed by atoms with van der Waals surface area (Å²) in [5.41, 5.74) is 0.197. The molecule has 1 aliphatic heterocycles. The van der Waals surface area contributed by atoms with Crippen molar-refractivity contribution in [2.75, 3.05) is 0 Å². The SMILES string of the molecule is C=C/C(=C\N=CC)B1OC(C)(C)C(C)(C)O1. The molecule has 0 bridgehead atoms.